The molecule has 0 saturated carbocycles. The highest BCUT2D eigenvalue weighted by molar-refractivity contribution is 7.46. The van der Waals surface area contributed by atoms with Gasteiger partial charge in [0.1, 0.15) is 6.61 Å². The van der Waals surface area contributed by atoms with Gasteiger partial charge in [-0.05, 0) is 44.9 Å². The van der Waals surface area contributed by atoms with Crippen molar-refractivity contribution < 1.29 is 43.0 Å². The van der Waals surface area contributed by atoms with Gasteiger partial charge in [0, 0.05) is 12.8 Å². The van der Waals surface area contributed by atoms with Gasteiger partial charge in [-0.1, -0.05) is 101 Å². The highest BCUT2D eigenvalue weighted by atomic mass is 31.2. The average Bonchev–Trinajstić information content (AvgIpc) is 2.92. The fourth-order valence-electron chi connectivity index (χ4n) is 3.62. The number of ether oxygens (including phenoxy) is 2. The number of hydrogen-bond acceptors (Lipinski definition) is 7. The molecule has 0 rings (SSSR count). The molecule has 0 bridgehead atoms. The summed E-state index contributed by atoms with van der Waals surface area (Å²) in [6.07, 6.45) is 26.3. The van der Waals surface area contributed by atoms with Gasteiger partial charge in [0.05, 0.1) is 12.7 Å². The topological polar surface area (TPSA) is 140 Å². The normalized spacial score (nSPS) is 14.0. The molecular formula is C31H53O9P. The summed E-state index contributed by atoms with van der Waals surface area (Å²) in [6, 6.07) is 0. The summed E-state index contributed by atoms with van der Waals surface area (Å²) in [7, 11) is -4.76. The third-order valence-electron chi connectivity index (χ3n) is 5.93. The molecule has 0 aliphatic rings. The Labute approximate surface area is 247 Å². The van der Waals surface area contributed by atoms with Crippen LogP contribution in [-0.4, -0.2) is 52.3 Å². The first-order valence-corrected chi connectivity index (χ1v) is 16.6. The number of rotatable bonds is 26. The monoisotopic (exact) mass is 600 g/mol. The molecule has 0 aromatic rings. The number of carbonyl (C=O) groups excluding carboxylic acids is 2. The van der Waals surface area contributed by atoms with E-state index in [4.69, 9.17) is 19.3 Å². The summed E-state index contributed by atoms with van der Waals surface area (Å²) in [5, 5.41) is 9.97. The molecule has 2 atom stereocenters. The van der Waals surface area contributed by atoms with Crippen LogP contribution in [0.1, 0.15) is 110 Å². The van der Waals surface area contributed by atoms with Crippen molar-refractivity contribution in [3.63, 3.8) is 0 Å². The Morgan fingerprint density at radius 2 is 1.41 bits per heavy atom. The molecule has 0 unspecified atom stereocenters. The van der Waals surface area contributed by atoms with Crippen LogP contribution in [0.4, 0.5) is 0 Å². The largest absolute Gasteiger partial charge is 0.469 e. The highest BCUT2D eigenvalue weighted by Gasteiger charge is 2.22. The van der Waals surface area contributed by atoms with Gasteiger partial charge in [0.15, 0.2) is 6.10 Å². The highest BCUT2D eigenvalue weighted by Crippen LogP contribution is 2.35. The number of phosphoric acid groups is 1. The predicted molar refractivity (Wildman–Crippen MR) is 162 cm³/mol. The van der Waals surface area contributed by atoms with Gasteiger partial charge in [0.25, 0.3) is 0 Å². The third kappa shape index (κ3) is 29.3. The molecule has 0 amide bonds. The number of unbranched alkanes of at least 4 members (excludes halogenated alkanes) is 8. The lowest BCUT2D eigenvalue weighted by Gasteiger charge is -2.18. The van der Waals surface area contributed by atoms with Gasteiger partial charge in [-0.25, -0.2) is 4.57 Å². The van der Waals surface area contributed by atoms with E-state index in [2.05, 4.69) is 24.4 Å². The second-order valence-electron chi connectivity index (χ2n) is 9.93. The summed E-state index contributed by atoms with van der Waals surface area (Å²) >= 11 is 0. The number of hydrogen-bond donors (Lipinski definition) is 3. The van der Waals surface area contributed by atoms with Crippen LogP contribution in [0.3, 0.4) is 0 Å². The average molecular weight is 601 g/mol. The first kappa shape index (κ1) is 39.0. The molecule has 0 aliphatic carbocycles. The number of aliphatic hydroxyl groups is 1. The van der Waals surface area contributed by atoms with E-state index in [0.29, 0.717) is 32.1 Å². The van der Waals surface area contributed by atoms with Crippen LogP contribution in [0.2, 0.25) is 0 Å². The molecule has 0 fully saturated rings. The standard InChI is InChI=1S/C31H53O9P/c1-3-5-7-9-11-15-18-22-28(32)23-19-16-12-10-13-17-21-25-31(34)40-29(27-39-41(35,36)37)26-38-30(33)24-20-14-8-6-4-2/h10-11,13,15-16,18-19,22,28-29,32H,3-9,12,14,17,20-21,23-27H2,1-2H3,(H2,35,36,37)/b13-10+,15-11-,19-16-,22-18-/t28-,29+/m0/s1. The maximum Gasteiger partial charge on any atom is 0.469 e. The molecule has 0 aromatic heterocycles. The number of phosphoric ester groups is 1. The van der Waals surface area contributed by atoms with E-state index in [0.717, 1.165) is 32.1 Å². The Balaban J connectivity index is 4.22. The van der Waals surface area contributed by atoms with Gasteiger partial charge in [-0.15, -0.1) is 0 Å². The van der Waals surface area contributed by atoms with E-state index in [1.807, 2.05) is 36.5 Å². The SMILES string of the molecule is CCCCC/C=C\C=C/[C@H](O)C/C=C\C/C=C/CCCC(=O)O[C@H](COC(=O)CCCCCCC)COP(=O)(O)O. The molecule has 0 aliphatic heterocycles. The number of allylic oxidation sites excluding steroid dienone is 6. The van der Waals surface area contributed by atoms with Gasteiger partial charge in [0.2, 0.25) is 0 Å². The summed E-state index contributed by atoms with van der Waals surface area (Å²) in [5.74, 6) is -1.01. The van der Waals surface area contributed by atoms with E-state index in [9.17, 15) is 19.3 Å². The van der Waals surface area contributed by atoms with Crippen molar-refractivity contribution >= 4 is 19.8 Å². The Morgan fingerprint density at radius 3 is 2.15 bits per heavy atom. The molecule has 10 heteroatoms. The van der Waals surface area contributed by atoms with Gasteiger partial charge in [-0.3, -0.25) is 14.1 Å². The Hall–Kier alpha value is -2.03. The van der Waals surface area contributed by atoms with E-state index >= 15 is 0 Å². The molecule has 0 heterocycles. The van der Waals surface area contributed by atoms with Crippen molar-refractivity contribution in [3.8, 4) is 0 Å². The predicted octanol–water partition coefficient (Wildman–Crippen LogP) is 7.03. The second kappa shape index (κ2) is 26.8. The molecule has 0 radical (unpaired) electrons. The van der Waals surface area contributed by atoms with Crippen molar-refractivity contribution in [2.45, 2.75) is 122 Å². The summed E-state index contributed by atoms with van der Waals surface area (Å²) in [6.45, 7) is 3.38. The van der Waals surface area contributed by atoms with Crippen molar-refractivity contribution in [2.75, 3.05) is 13.2 Å². The molecule has 0 aromatic carbocycles. The summed E-state index contributed by atoms with van der Waals surface area (Å²) in [5.41, 5.74) is 0. The number of esters is 2. The lowest BCUT2D eigenvalue weighted by Crippen LogP contribution is -2.29. The van der Waals surface area contributed by atoms with Crippen molar-refractivity contribution in [1.29, 1.82) is 0 Å². The minimum Gasteiger partial charge on any atom is -0.462 e. The quantitative estimate of drug-likeness (QED) is 0.0314. The Morgan fingerprint density at radius 1 is 0.756 bits per heavy atom. The lowest BCUT2D eigenvalue weighted by molar-refractivity contribution is -0.161. The maximum atomic E-state index is 12.2. The van der Waals surface area contributed by atoms with Crippen LogP contribution in [-0.2, 0) is 28.2 Å². The molecule has 236 valence electrons. The maximum absolute atomic E-state index is 12.2. The molecule has 9 nitrogen and oxygen atoms in total. The second-order valence-corrected chi connectivity index (χ2v) is 11.2. The fourth-order valence-corrected chi connectivity index (χ4v) is 3.98. The first-order valence-electron chi connectivity index (χ1n) is 15.0. The zero-order valence-electron chi connectivity index (χ0n) is 25.0. The molecule has 0 saturated heterocycles. The Kier molecular flexibility index (Phi) is 25.5. The minimum absolute atomic E-state index is 0.101. The van der Waals surface area contributed by atoms with Crippen molar-refractivity contribution in [2.24, 2.45) is 0 Å². The minimum atomic E-state index is -4.76. The van der Waals surface area contributed by atoms with Crippen LogP contribution in [0.15, 0.2) is 48.6 Å². The van der Waals surface area contributed by atoms with Crippen LogP contribution >= 0.6 is 7.82 Å². The zero-order chi connectivity index (χ0) is 30.6. The number of aliphatic hydroxyl groups excluding tert-OH is 1. The molecular weight excluding hydrogens is 547 g/mol. The summed E-state index contributed by atoms with van der Waals surface area (Å²) < 4.78 is 25.9. The first-order chi connectivity index (χ1) is 19.7. The van der Waals surface area contributed by atoms with Gasteiger partial charge < -0.3 is 24.4 Å². The third-order valence-corrected chi connectivity index (χ3v) is 6.42. The lowest BCUT2D eigenvalue weighted by atomic mass is 10.1. The van der Waals surface area contributed by atoms with E-state index in [-0.39, 0.29) is 19.4 Å². The van der Waals surface area contributed by atoms with Crippen LogP contribution in [0.25, 0.3) is 0 Å². The molecule has 3 N–H and O–H groups in total. The van der Waals surface area contributed by atoms with E-state index in [1.54, 1.807) is 6.08 Å². The van der Waals surface area contributed by atoms with Crippen molar-refractivity contribution in [3.05, 3.63) is 48.6 Å². The van der Waals surface area contributed by atoms with Crippen LogP contribution in [0, 0.1) is 0 Å². The van der Waals surface area contributed by atoms with Crippen LogP contribution < -0.4 is 0 Å². The van der Waals surface area contributed by atoms with Gasteiger partial charge >= 0.3 is 19.8 Å². The van der Waals surface area contributed by atoms with E-state index in [1.165, 1.54) is 19.3 Å². The number of carbonyl (C=O) groups is 2. The zero-order valence-corrected chi connectivity index (χ0v) is 25.9. The van der Waals surface area contributed by atoms with E-state index < -0.39 is 38.6 Å². The van der Waals surface area contributed by atoms with Crippen molar-refractivity contribution in [1.82, 2.24) is 0 Å². The molecule has 0 spiro atoms. The smallest absolute Gasteiger partial charge is 0.462 e. The summed E-state index contributed by atoms with van der Waals surface area (Å²) in [4.78, 5) is 42.1. The van der Waals surface area contributed by atoms with Crippen LogP contribution in [0.5, 0.6) is 0 Å². The van der Waals surface area contributed by atoms with Gasteiger partial charge in [-0.2, -0.15) is 0 Å². The molecule has 41 heavy (non-hydrogen) atoms. The Bertz CT molecular complexity index is 829. The fraction of sp³-hybridized carbons (Fsp3) is 0.677.